The number of fused-ring (bicyclic) bond motifs is 1. The predicted octanol–water partition coefficient (Wildman–Crippen LogP) is 4.00. The van der Waals surface area contributed by atoms with Crippen LogP contribution in [-0.2, 0) is 17.9 Å². The van der Waals surface area contributed by atoms with Gasteiger partial charge in [-0.25, -0.2) is 0 Å². The highest BCUT2D eigenvalue weighted by atomic mass is 16.3. The van der Waals surface area contributed by atoms with Crippen molar-refractivity contribution in [2.24, 2.45) is 16.7 Å². The van der Waals surface area contributed by atoms with Crippen molar-refractivity contribution in [2.45, 2.75) is 84.0 Å². The van der Waals surface area contributed by atoms with Crippen LogP contribution < -0.4 is 10.6 Å². The van der Waals surface area contributed by atoms with E-state index in [1.165, 1.54) is 0 Å². The average molecular weight is 451 g/mol. The third-order valence-electron chi connectivity index (χ3n) is 8.12. The topological polar surface area (TPSA) is 87.1 Å². The lowest BCUT2D eigenvalue weighted by molar-refractivity contribution is -0.123. The first-order valence-electron chi connectivity index (χ1n) is 12.2. The van der Waals surface area contributed by atoms with Gasteiger partial charge in [-0.2, -0.15) is 0 Å². The van der Waals surface area contributed by atoms with Crippen molar-refractivity contribution in [3.8, 4) is 0 Å². The molecule has 2 aliphatic rings. The second kappa shape index (κ2) is 9.51. The molecule has 4 atom stereocenters. The number of amides is 1. The van der Waals surface area contributed by atoms with Gasteiger partial charge in [0.25, 0.3) is 0 Å². The van der Waals surface area contributed by atoms with E-state index in [1.54, 1.807) is 12.4 Å². The molecule has 0 bridgehead atoms. The van der Waals surface area contributed by atoms with Crippen LogP contribution in [0, 0.1) is 16.7 Å². The summed E-state index contributed by atoms with van der Waals surface area (Å²) in [5, 5.41) is 17.8. The summed E-state index contributed by atoms with van der Waals surface area (Å²) in [7, 11) is 0. The van der Waals surface area contributed by atoms with Crippen LogP contribution in [0.5, 0.6) is 0 Å². The number of pyridine rings is 2. The molecule has 0 spiro atoms. The summed E-state index contributed by atoms with van der Waals surface area (Å²) < 4.78 is 0. The summed E-state index contributed by atoms with van der Waals surface area (Å²) in [5.74, 6) is 0.443. The van der Waals surface area contributed by atoms with Gasteiger partial charge in [0.15, 0.2) is 0 Å². The number of aromatic nitrogens is 2. The molecule has 6 nitrogen and oxygen atoms in total. The Bertz CT molecular complexity index is 932. The van der Waals surface area contributed by atoms with E-state index in [0.717, 1.165) is 49.9 Å². The fourth-order valence-electron chi connectivity index (χ4n) is 6.38. The van der Waals surface area contributed by atoms with Gasteiger partial charge in [-0.1, -0.05) is 26.0 Å². The van der Waals surface area contributed by atoms with E-state index >= 15 is 0 Å². The van der Waals surface area contributed by atoms with Gasteiger partial charge in [0, 0.05) is 44.1 Å². The van der Waals surface area contributed by atoms with E-state index < -0.39 is 5.60 Å². The first-order chi connectivity index (χ1) is 15.7. The van der Waals surface area contributed by atoms with E-state index in [2.05, 4.69) is 40.5 Å². The molecule has 33 heavy (non-hydrogen) atoms. The molecule has 1 amide bonds. The summed E-state index contributed by atoms with van der Waals surface area (Å²) in [4.78, 5) is 21.4. The third kappa shape index (κ3) is 5.44. The van der Waals surface area contributed by atoms with Gasteiger partial charge in [0.1, 0.15) is 0 Å². The molecule has 2 aliphatic carbocycles. The zero-order valence-corrected chi connectivity index (χ0v) is 20.2. The van der Waals surface area contributed by atoms with Crippen LogP contribution >= 0.6 is 0 Å². The highest BCUT2D eigenvalue weighted by Crippen LogP contribution is 2.63. The average Bonchev–Trinajstić information content (AvgIpc) is 3.02. The molecular formula is C27H38N4O2. The van der Waals surface area contributed by atoms with Crippen molar-refractivity contribution in [3.05, 3.63) is 60.2 Å². The monoisotopic (exact) mass is 450 g/mol. The van der Waals surface area contributed by atoms with Gasteiger partial charge in [-0.15, -0.1) is 0 Å². The van der Waals surface area contributed by atoms with E-state index in [1.807, 2.05) is 37.4 Å². The Labute approximate surface area is 197 Å². The zero-order chi connectivity index (χ0) is 23.5. The van der Waals surface area contributed by atoms with Crippen molar-refractivity contribution < 1.29 is 9.90 Å². The lowest BCUT2D eigenvalue weighted by atomic mass is 9.57. The number of rotatable bonds is 8. The van der Waals surface area contributed by atoms with Crippen LogP contribution in [0.1, 0.15) is 70.6 Å². The fourth-order valence-corrected chi connectivity index (χ4v) is 6.38. The van der Waals surface area contributed by atoms with Crippen molar-refractivity contribution >= 4 is 5.91 Å². The molecule has 4 rings (SSSR count). The SMILES string of the molecule is CC1(O)CCC2(CCC(=O)NCc3cccnc3)C(NCc3ccccn3)CC(C)(C)C2C1. The molecule has 0 saturated heterocycles. The number of carbonyl (C=O) groups excluding carboxylic acids is 1. The molecular weight excluding hydrogens is 412 g/mol. The Balaban J connectivity index is 1.48. The maximum absolute atomic E-state index is 12.8. The lowest BCUT2D eigenvalue weighted by Crippen LogP contribution is -2.51. The van der Waals surface area contributed by atoms with Crippen LogP contribution in [0.25, 0.3) is 0 Å². The van der Waals surface area contributed by atoms with Gasteiger partial charge in [0.05, 0.1) is 11.3 Å². The van der Waals surface area contributed by atoms with Gasteiger partial charge < -0.3 is 15.7 Å². The molecule has 2 aromatic heterocycles. The summed E-state index contributed by atoms with van der Waals surface area (Å²) in [6.07, 6.45) is 10.2. The largest absolute Gasteiger partial charge is 0.390 e. The highest BCUT2D eigenvalue weighted by molar-refractivity contribution is 5.75. The fraction of sp³-hybridized carbons (Fsp3) is 0.593. The van der Waals surface area contributed by atoms with Crippen LogP contribution in [0.4, 0.5) is 0 Å². The molecule has 2 fully saturated rings. The molecule has 2 aromatic rings. The standard InChI is InChI=1S/C27H38N4O2/c1-25(2)16-23(30-19-21-8-4-5-14-29-21)27(12-11-26(3,33)15-22(25)27)10-9-24(32)31-18-20-7-6-13-28-17-20/h4-8,13-14,17,22-23,30,33H,9-12,15-16,18-19H2,1-3H3,(H,31,32). The summed E-state index contributed by atoms with van der Waals surface area (Å²) in [6, 6.07) is 10.2. The minimum absolute atomic E-state index is 0.00777. The van der Waals surface area contributed by atoms with Crippen LogP contribution in [0.15, 0.2) is 48.9 Å². The summed E-state index contributed by atoms with van der Waals surface area (Å²) >= 11 is 0. The van der Waals surface area contributed by atoms with Crippen LogP contribution in [0.3, 0.4) is 0 Å². The summed E-state index contributed by atoms with van der Waals surface area (Å²) in [5.41, 5.74) is 1.49. The molecule has 0 radical (unpaired) electrons. The number of hydrogen-bond acceptors (Lipinski definition) is 5. The Kier molecular flexibility index (Phi) is 6.87. The number of aliphatic hydroxyl groups is 1. The zero-order valence-electron chi connectivity index (χ0n) is 20.2. The summed E-state index contributed by atoms with van der Waals surface area (Å²) in [6.45, 7) is 7.87. The Morgan fingerprint density at radius 1 is 1.09 bits per heavy atom. The molecule has 0 aliphatic heterocycles. The molecule has 4 unspecified atom stereocenters. The lowest BCUT2D eigenvalue weighted by Gasteiger charge is -2.51. The number of hydrogen-bond donors (Lipinski definition) is 3. The van der Waals surface area contributed by atoms with Gasteiger partial charge in [0.2, 0.25) is 5.91 Å². The molecule has 178 valence electrons. The first kappa shape index (κ1) is 23.8. The van der Waals surface area contributed by atoms with Crippen LogP contribution in [-0.4, -0.2) is 32.6 Å². The van der Waals surface area contributed by atoms with Crippen LogP contribution in [0.2, 0.25) is 0 Å². The van der Waals surface area contributed by atoms with E-state index in [4.69, 9.17) is 0 Å². The second-order valence-corrected chi connectivity index (χ2v) is 11.1. The van der Waals surface area contributed by atoms with Gasteiger partial charge >= 0.3 is 0 Å². The van der Waals surface area contributed by atoms with Crippen molar-refractivity contribution in [1.82, 2.24) is 20.6 Å². The van der Waals surface area contributed by atoms with Crippen molar-refractivity contribution in [2.75, 3.05) is 0 Å². The van der Waals surface area contributed by atoms with Crippen molar-refractivity contribution in [1.29, 1.82) is 0 Å². The maximum Gasteiger partial charge on any atom is 0.220 e. The Morgan fingerprint density at radius 3 is 2.67 bits per heavy atom. The minimum atomic E-state index is -0.635. The normalized spacial score (nSPS) is 30.5. The molecule has 2 saturated carbocycles. The Hall–Kier alpha value is -2.31. The smallest absolute Gasteiger partial charge is 0.220 e. The predicted molar refractivity (Wildman–Crippen MR) is 129 cm³/mol. The third-order valence-corrected chi connectivity index (χ3v) is 8.12. The highest BCUT2D eigenvalue weighted by Gasteiger charge is 2.61. The van der Waals surface area contributed by atoms with Crippen molar-refractivity contribution in [3.63, 3.8) is 0 Å². The first-order valence-corrected chi connectivity index (χ1v) is 12.2. The molecule has 3 N–H and O–H groups in total. The molecule has 6 heteroatoms. The minimum Gasteiger partial charge on any atom is -0.390 e. The molecule has 0 aromatic carbocycles. The molecule has 2 heterocycles. The maximum atomic E-state index is 12.8. The van der Waals surface area contributed by atoms with E-state index in [0.29, 0.717) is 24.9 Å². The van der Waals surface area contributed by atoms with E-state index in [-0.39, 0.29) is 16.7 Å². The second-order valence-electron chi connectivity index (χ2n) is 11.1. The quantitative estimate of drug-likeness (QED) is 0.566. The Morgan fingerprint density at radius 2 is 1.94 bits per heavy atom. The van der Waals surface area contributed by atoms with Gasteiger partial charge in [-0.05, 0) is 79.5 Å². The number of carbonyl (C=O) groups is 1. The van der Waals surface area contributed by atoms with E-state index in [9.17, 15) is 9.90 Å². The number of nitrogens with zero attached hydrogens (tertiary/aromatic N) is 2. The number of nitrogens with one attached hydrogen (secondary N) is 2. The van der Waals surface area contributed by atoms with Gasteiger partial charge in [-0.3, -0.25) is 14.8 Å².